The molecule has 1 rings (SSSR count). The third-order valence-corrected chi connectivity index (χ3v) is 2.81. The van der Waals surface area contributed by atoms with Crippen LogP contribution in [0.5, 0.6) is 0 Å². The van der Waals surface area contributed by atoms with Gasteiger partial charge in [0.1, 0.15) is 0 Å². The van der Waals surface area contributed by atoms with Crippen LogP contribution < -0.4 is 0 Å². The van der Waals surface area contributed by atoms with E-state index in [1.165, 1.54) is 12.1 Å². The first-order valence-electron chi connectivity index (χ1n) is 6.24. The van der Waals surface area contributed by atoms with Crippen LogP contribution in [0, 0.1) is 0 Å². The number of benzene rings is 1. The topological polar surface area (TPSA) is 18.8 Å². The molecule has 1 unspecified atom stereocenters. The Balaban J connectivity index is 0.00000400. The van der Waals surface area contributed by atoms with Crippen LogP contribution in [-0.2, 0) is 0 Å². The molecule has 0 amide bonds. The van der Waals surface area contributed by atoms with E-state index >= 15 is 0 Å². The predicted molar refractivity (Wildman–Crippen MR) is 90.3 cm³/mol. The van der Waals surface area contributed by atoms with Crippen molar-refractivity contribution < 1.29 is 13.2 Å². The zero-order valence-electron chi connectivity index (χ0n) is 12.6. The average molecular weight is 415 g/mol. The number of rotatable bonds is 3. The molecule has 0 saturated carbocycles. The standard InChI is InChI=1S/C14H20F3N3.HI/c1-19(2)13(20(3)4)18-10-12(14(15,16)17)11-8-6-5-7-9-11;/h5-9,12H,10H2,1-4H3;1H. The normalized spacial score (nSPS) is 12.1. The Morgan fingerprint density at radius 1 is 1.05 bits per heavy atom. The molecule has 0 spiro atoms. The molecule has 0 N–H and O–H groups in total. The highest BCUT2D eigenvalue weighted by atomic mass is 127. The van der Waals surface area contributed by atoms with Crippen LogP contribution >= 0.6 is 24.0 Å². The summed E-state index contributed by atoms with van der Waals surface area (Å²) in [6.45, 7) is -0.320. The molecule has 0 fully saturated rings. The van der Waals surface area contributed by atoms with E-state index in [0.29, 0.717) is 5.96 Å². The summed E-state index contributed by atoms with van der Waals surface area (Å²) >= 11 is 0. The summed E-state index contributed by atoms with van der Waals surface area (Å²) in [5.74, 6) is -1.08. The number of nitrogens with zero attached hydrogens (tertiary/aromatic N) is 3. The average Bonchev–Trinajstić information content (AvgIpc) is 2.33. The second-order valence-corrected chi connectivity index (χ2v) is 4.93. The molecule has 0 bridgehead atoms. The van der Waals surface area contributed by atoms with Gasteiger partial charge in [0.2, 0.25) is 0 Å². The van der Waals surface area contributed by atoms with Crippen molar-refractivity contribution in [2.75, 3.05) is 34.7 Å². The smallest absolute Gasteiger partial charge is 0.349 e. The van der Waals surface area contributed by atoms with Crippen LogP contribution in [0.2, 0.25) is 0 Å². The number of aliphatic imine (C=N–C) groups is 1. The van der Waals surface area contributed by atoms with Gasteiger partial charge >= 0.3 is 6.18 Å². The van der Waals surface area contributed by atoms with Gasteiger partial charge in [-0.25, -0.2) is 0 Å². The van der Waals surface area contributed by atoms with E-state index in [0.717, 1.165) is 0 Å². The van der Waals surface area contributed by atoms with Gasteiger partial charge in [-0.05, 0) is 5.56 Å². The third kappa shape index (κ3) is 6.11. The van der Waals surface area contributed by atoms with E-state index in [4.69, 9.17) is 0 Å². The van der Waals surface area contributed by atoms with Gasteiger partial charge in [-0.15, -0.1) is 24.0 Å². The summed E-state index contributed by atoms with van der Waals surface area (Å²) in [6.07, 6.45) is -4.31. The van der Waals surface area contributed by atoms with E-state index in [1.807, 2.05) is 0 Å². The summed E-state index contributed by atoms with van der Waals surface area (Å²) < 4.78 is 39.5. The Morgan fingerprint density at radius 3 is 1.90 bits per heavy atom. The fraction of sp³-hybridized carbons (Fsp3) is 0.500. The lowest BCUT2D eigenvalue weighted by Crippen LogP contribution is -2.36. The molecule has 7 heteroatoms. The highest BCUT2D eigenvalue weighted by Gasteiger charge is 2.40. The zero-order valence-corrected chi connectivity index (χ0v) is 14.9. The third-order valence-electron chi connectivity index (χ3n) is 2.81. The lowest BCUT2D eigenvalue weighted by Gasteiger charge is -2.25. The van der Waals surface area contributed by atoms with Crippen molar-refractivity contribution in [3.63, 3.8) is 0 Å². The molecule has 0 radical (unpaired) electrons. The van der Waals surface area contributed by atoms with Crippen molar-refractivity contribution in [3.05, 3.63) is 35.9 Å². The molecular weight excluding hydrogens is 394 g/mol. The van der Waals surface area contributed by atoms with Gasteiger partial charge in [0.15, 0.2) is 5.96 Å². The van der Waals surface area contributed by atoms with Gasteiger partial charge in [-0.1, -0.05) is 30.3 Å². The van der Waals surface area contributed by atoms with Gasteiger partial charge in [-0.3, -0.25) is 4.99 Å². The second-order valence-electron chi connectivity index (χ2n) is 4.93. The summed E-state index contributed by atoms with van der Waals surface area (Å²) in [5.41, 5.74) is 0.237. The molecule has 21 heavy (non-hydrogen) atoms. The van der Waals surface area contributed by atoms with E-state index in [9.17, 15) is 13.2 Å². The van der Waals surface area contributed by atoms with Gasteiger partial charge in [-0.2, -0.15) is 13.2 Å². The van der Waals surface area contributed by atoms with Crippen molar-refractivity contribution in [2.24, 2.45) is 4.99 Å². The Bertz CT molecular complexity index is 435. The molecule has 0 aliphatic heterocycles. The summed E-state index contributed by atoms with van der Waals surface area (Å²) in [6, 6.07) is 7.88. The highest BCUT2D eigenvalue weighted by molar-refractivity contribution is 14.0. The van der Waals surface area contributed by atoms with Crippen molar-refractivity contribution in [1.29, 1.82) is 0 Å². The molecule has 0 aliphatic rings. The van der Waals surface area contributed by atoms with Gasteiger partial charge in [0.05, 0.1) is 12.5 Å². The van der Waals surface area contributed by atoms with Crippen LogP contribution in [0.4, 0.5) is 13.2 Å². The molecule has 120 valence electrons. The minimum absolute atomic E-state index is 0. The van der Waals surface area contributed by atoms with Crippen LogP contribution in [0.1, 0.15) is 11.5 Å². The number of guanidine groups is 1. The Morgan fingerprint density at radius 2 is 1.52 bits per heavy atom. The summed E-state index contributed by atoms with van der Waals surface area (Å²) in [5, 5.41) is 0. The first-order valence-corrected chi connectivity index (χ1v) is 6.24. The molecule has 1 aromatic carbocycles. The number of alkyl halides is 3. The van der Waals surface area contributed by atoms with E-state index in [1.54, 1.807) is 56.2 Å². The van der Waals surface area contributed by atoms with Crippen LogP contribution in [0.3, 0.4) is 0 Å². The van der Waals surface area contributed by atoms with Crippen LogP contribution in [0.15, 0.2) is 35.3 Å². The van der Waals surface area contributed by atoms with Crippen LogP contribution in [0.25, 0.3) is 0 Å². The zero-order chi connectivity index (χ0) is 15.3. The lowest BCUT2D eigenvalue weighted by molar-refractivity contribution is -0.148. The molecule has 1 aromatic rings. The Hall–Kier alpha value is -0.990. The minimum Gasteiger partial charge on any atom is -0.349 e. The second kappa shape index (κ2) is 8.45. The van der Waals surface area contributed by atoms with Gasteiger partial charge in [0.25, 0.3) is 0 Å². The fourth-order valence-corrected chi connectivity index (χ4v) is 1.94. The van der Waals surface area contributed by atoms with Gasteiger partial charge in [0, 0.05) is 28.2 Å². The largest absolute Gasteiger partial charge is 0.397 e. The molecule has 3 nitrogen and oxygen atoms in total. The Labute approximate surface area is 140 Å². The number of hydrogen-bond acceptors (Lipinski definition) is 1. The SMILES string of the molecule is CN(C)C(=NCC(c1ccccc1)C(F)(F)F)N(C)C.I. The van der Waals surface area contributed by atoms with Crippen LogP contribution in [-0.4, -0.2) is 56.7 Å². The highest BCUT2D eigenvalue weighted by Crippen LogP contribution is 2.34. The molecule has 0 saturated heterocycles. The molecular formula is C14H21F3IN3. The molecule has 0 aliphatic carbocycles. The maximum Gasteiger partial charge on any atom is 0.397 e. The van der Waals surface area contributed by atoms with Crippen molar-refractivity contribution in [2.45, 2.75) is 12.1 Å². The molecule has 0 aromatic heterocycles. The van der Waals surface area contributed by atoms with E-state index in [-0.39, 0.29) is 36.1 Å². The fourth-order valence-electron chi connectivity index (χ4n) is 1.94. The van der Waals surface area contributed by atoms with E-state index in [2.05, 4.69) is 4.99 Å². The number of hydrogen-bond donors (Lipinski definition) is 0. The van der Waals surface area contributed by atoms with Gasteiger partial charge < -0.3 is 9.80 Å². The monoisotopic (exact) mass is 415 g/mol. The Kier molecular flexibility index (Phi) is 8.05. The van der Waals surface area contributed by atoms with Crippen molar-refractivity contribution in [1.82, 2.24) is 9.80 Å². The summed E-state index contributed by atoms with van der Waals surface area (Å²) in [4.78, 5) is 7.50. The van der Waals surface area contributed by atoms with E-state index < -0.39 is 12.1 Å². The molecule has 1 atom stereocenters. The maximum atomic E-state index is 13.2. The summed E-state index contributed by atoms with van der Waals surface area (Å²) in [7, 11) is 7.02. The lowest BCUT2D eigenvalue weighted by atomic mass is 9.99. The van der Waals surface area contributed by atoms with Crippen molar-refractivity contribution in [3.8, 4) is 0 Å². The molecule has 0 heterocycles. The first-order chi connectivity index (χ1) is 9.23. The van der Waals surface area contributed by atoms with Crippen molar-refractivity contribution >= 4 is 29.9 Å². The number of halogens is 4. The predicted octanol–water partition coefficient (Wildman–Crippen LogP) is 3.43. The minimum atomic E-state index is -4.31. The maximum absolute atomic E-state index is 13.2. The first kappa shape index (κ1) is 20.0. The quantitative estimate of drug-likeness (QED) is 0.428.